The van der Waals surface area contributed by atoms with Crippen molar-refractivity contribution in [1.29, 1.82) is 0 Å². The van der Waals surface area contributed by atoms with Gasteiger partial charge in [0.15, 0.2) is 0 Å². The lowest BCUT2D eigenvalue weighted by atomic mass is 9.99. The maximum atomic E-state index is 12.4. The molecule has 1 aromatic heterocycles. The van der Waals surface area contributed by atoms with Crippen LogP contribution >= 0.6 is 0 Å². The van der Waals surface area contributed by atoms with E-state index in [0.29, 0.717) is 17.7 Å². The molecule has 0 spiro atoms. The smallest absolute Gasteiger partial charge is 0.292 e. The van der Waals surface area contributed by atoms with E-state index in [1.54, 1.807) is 0 Å². The van der Waals surface area contributed by atoms with E-state index in [0.717, 1.165) is 44.5 Å². The van der Waals surface area contributed by atoms with Crippen LogP contribution in [0.1, 0.15) is 61.7 Å². The van der Waals surface area contributed by atoms with E-state index in [1.807, 2.05) is 18.0 Å². The zero-order valence-electron chi connectivity index (χ0n) is 12.7. The van der Waals surface area contributed by atoms with Crippen molar-refractivity contribution in [2.45, 2.75) is 51.5 Å². The van der Waals surface area contributed by atoms with Crippen LogP contribution in [0.15, 0.2) is 10.6 Å². The van der Waals surface area contributed by atoms with Gasteiger partial charge in [0.2, 0.25) is 5.76 Å². The van der Waals surface area contributed by atoms with Crippen molar-refractivity contribution in [3.05, 3.63) is 17.5 Å². The van der Waals surface area contributed by atoms with E-state index in [2.05, 4.69) is 24.3 Å². The van der Waals surface area contributed by atoms with Gasteiger partial charge in [0.05, 0.1) is 5.69 Å². The van der Waals surface area contributed by atoms with Crippen LogP contribution in [0.4, 0.5) is 0 Å². The SMILES string of the molecule is CCC(CC)c1cc(C(=O)N2CCC(NC)CC2)on1. The van der Waals surface area contributed by atoms with Gasteiger partial charge in [-0.25, -0.2) is 0 Å². The van der Waals surface area contributed by atoms with Gasteiger partial charge in [-0.1, -0.05) is 19.0 Å². The van der Waals surface area contributed by atoms with Gasteiger partial charge in [-0.05, 0) is 32.7 Å². The highest BCUT2D eigenvalue weighted by Crippen LogP contribution is 2.23. The fraction of sp³-hybridized carbons (Fsp3) is 0.733. The molecule has 0 aromatic carbocycles. The molecular formula is C15H25N3O2. The molecule has 5 nitrogen and oxygen atoms in total. The summed E-state index contributed by atoms with van der Waals surface area (Å²) in [6.45, 7) is 5.83. The second kappa shape index (κ2) is 6.88. The number of piperidine rings is 1. The molecule has 2 heterocycles. The summed E-state index contributed by atoms with van der Waals surface area (Å²) < 4.78 is 5.26. The molecular weight excluding hydrogens is 254 g/mol. The summed E-state index contributed by atoms with van der Waals surface area (Å²) in [5, 5.41) is 7.33. The molecule has 2 rings (SSSR count). The molecule has 0 atom stereocenters. The summed E-state index contributed by atoms with van der Waals surface area (Å²) in [4.78, 5) is 14.2. The Morgan fingerprint density at radius 1 is 1.45 bits per heavy atom. The summed E-state index contributed by atoms with van der Waals surface area (Å²) in [6, 6.07) is 2.35. The minimum absolute atomic E-state index is 0.0238. The van der Waals surface area contributed by atoms with E-state index < -0.39 is 0 Å². The van der Waals surface area contributed by atoms with Gasteiger partial charge in [-0.2, -0.15) is 0 Å². The van der Waals surface area contributed by atoms with Gasteiger partial charge >= 0.3 is 0 Å². The van der Waals surface area contributed by atoms with Gasteiger partial charge in [0.1, 0.15) is 0 Å². The lowest BCUT2D eigenvalue weighted by Gasteiger charge is -2.31. The Morgan fingerprint density at radius 3 is 2.65 bits per heavy atom. The quantitative estimate of drug-likeness (QED) is 0.899. The second-order valence-corrected chi connectivity index (χ2v) is 5.48. The normalized spacial score (nSPS) is 16.9. The van der Waals surface area contributed by atoms with Crippen molar-refractivity contribution in [3.8, 4) is 0 Å². The minimum atomic E-state index is -0.0238. The molecule has 112 valence electrons. The van der Waals surface area contributed by atoms with E-state index in [4.69, 9.17) is 4.52 Å². The molecule has 1 fully saturated rings. The third-order valence-electron chi connectivity index (χ3n) is 4.33. The maximum absolute atomic E-state index is 12.4. The fourth-order valence-corrected chi connectivity index (χ4v) is 2.82. The van der Waals surface area contributed by atoms with E-state index in [-0.39, 0.29) is 5.91 Å². The van der Waals surface area contributed by atoms with Gasteiger partial charge in [-0.15, -0.1) is 0 Å². The largest absolute Gasteiger partial charge is 0.351 e. The average Bonchev–Trinajstić information content (AvgIpc) is 2.97. The van der Waals surface area contributed by atoms with Crippen molar-refractivity contribution < 1.29 is 9.32 Å². The van der Waals surface area contributed by atoms with Crippen LogP contribution in [0.3, 0.4) is 0 Å². The van der Waals surface area contributed by atoms with Crippen molar-refractivity contribution in [2.24, 2.45) is 0 Å². The number of nitrogens with zero attached hydrogens (tertiary/aromatic N) is 2. The average molecular weight is 279 g/mol. The fourth-order valence-electron chi connectivity index (χ4n) is 2.82. The summed E-state index contributed by atoms with van der Waals surface area (Å²) in [5.74, 6) is 0.745. The second-order valence-electron chi connectivity index (χ2n) is 5.48. The molecule has 1 aliphatic rings. The Kier molecular flexibility index (Phi) is 5.17. The number of carbonyl (C=O) groups is 1. The monoisotopic (exact) mass is 279 g/mol. The van der Waals surface area contributed by atoms with E-state index >= 15 is 0 Å². The number of rotatable bonds is 5. The first-order chi connectivity index (χ1) is 9.69. The highest BCUT2D eigenvalue weighted by Gasteiger charge is 2.26. The van der Waals surface area contributed by atoms with Crippen molar-refractivity contribution in [1.82, 2.24) is 15.4 Å². The minimum Gasteiger partial charge on any atom is -0.351 e. The number of hydrogen-bond donors (Lipinski definition) is 1. The first-order valence-corrected chi connectivity index (χ1v) is 7.62. The zero-order chi connectivity index (χ0) is 14.5. The highest BCUT2D eigenvalue weighted by molar-refractivity contribution is 5.91. The van der Waals surface area contributed by atoms with Gasteiger partial charge in [0.25, 0.3) is 5.91 Å². The first kappa shape index (κ1) is 15.0. The molecule has 0 bridgehead atoms. The van der Waals surface area contributed by atoms with Crippen LogP contribution in [0.25, 0.3) is 0 Å². The lowest BCUT2D eigenvalue weighted by molar-refractivity contribution is 0.0665. The maximum Gasteiger partial charge on any atom is 0.292 e. The third kappa shape index (κ3) is 3.20. The molecule has 1 aliphatic heterocycles. The van der Waals surface area contributed by atoms with E-state index in [9.17, 15) is 4.79 Å². The number of aromatic nitrogens is 1. The summed E-state index contributed by atoms with van der Waals surface area (Å²) in [6.07, 6.45) is 4.03. The number of likely N-dealkylation sites (tertiary alicyclic amines) is 1. The number of nitrogens with one attached hydrogen (secondary N) is 1. The molecule has 1 amide bonds. The number of carbonyl (C=O) groups excluding carboxylic acids is 1. The predicted molar refractivity (Wildman–Crippen MR) is 77.8 cm³/mol. The highest BCUT2D eigenvalue weighted by atomic mass is 16.5. The molecule has 1 saturated heterocycles. The Morgan fingerprint density at radius 2 is 2.10 bits per heavy atom. The van der Waals surface area contributed by atoms with Crippen LogP contribution < -0.4 is 5.32 Å². The van der Waals surface area contributed by atoms with Gasteiger partial charge in [0, 0.05) is 31.1 Å². The first-order valence-electron chi connectivity index (χ1n) is 7.62. The zero-order valence-corrected chi connectivity index (χ0v) is 12.7. The third-order valence-corrected chi connectivity index (χ3v) is 4.33. The summed E-state index contributed by atoms with van der Waals surface area (Å²) in [7, 11) is 1.97. The summed E-state index contributed by atoms with van der Waals surface area (Å²) in [5.41, 5.74) is 0.906. The van der Waals surface area contributed by atoms with Crippen LogP contribution in [0.5, 0.6) is 0 Å². The Balaban J connectivity index is 1.99. The molecule has 1 N–H and O–H groups in total. The molecule has 5 heteroatoms. The predicted octanol–water partition coefficient (Wildman–Crippen LogP) is 2.40. The number of amides is 1. The van der Waals surface area contributed by atoms with Crippen molar-refractivity contribution in [3.63, 3.8) is 0 Å². The van der Waals surface area contributed by atoms with Gasteiger partial charge < -0.3 is 14.7 Å². The molecule has 20 heavy (non-hydrogen) atoms. The lowest BCUT2D eigenvalue weighted by Crippen LogP contribution is -2.43. The standard InChI is InChI=1S/C15H25N3O2/c1-4-11(5-2)13-10-14(20-17-13)15(19)18-8-6-12(16-3)7-9-18/h10-12,16H,4-9H2,1-3H3. The van der Waals surface area contributed by atoms with E-state index in [1.165, 1.54) is 0 Å². The topological polar surface area (TPSA) is 58.4 Å². The Bertz CT molecular complexity index is 432. The Hall–Kier alpha value is -1.36. The van der Waals surface area contributed by atoms with Crippen molar-refractivity contribution in [2.75, 3.05) is 20.1 Å². The van der Waals surface area contributed by atoms with Crippen LogP contribution in [0, 0.1) is 0 Å². The molecule has 0 saturated carbocycles. The van der Waals surface area contributed by atoms with Crippen LogP contribution in [-0.4, -0.2) is 42.1 Å². The molecule has 1 aromatic rings. The Labute approximate surface area is 120 Å². The van der Waals surface area contributed by atoms with Crippen LogP contribution in [0.2, 0.25) is 0 Å². The molecule has 0 unspecified atom stereocenters. The molecule has 0 aliphatic carbocycles. The summed E-state index contributed by atoms with van der Waals surface area (Å²) >= 11 is 0. The van der Waals surface area contributed by atoms with Gasteiger partial charge in [-0.3, -0.25) is 4.79 Å². The van der Waals surface area contributed by atoms with Crippen molar-refractivity contribution >= 4 is 5.91 Å². The molecule has 0 radical (unpaired) electrons. The number of hydrogen-bond acceptors (Lipinski definition) is 4. The van der Waals surface area contributed by atoms with Crippen LogP contribution in [-0.2, 0) is 0 Å².